The molecule has 2 saturated heterocycles. The first-order valence-corrected chi connectivity index (χ1v) is 13.3. The van der Waals surface area contributed by atoms with Crippen molar-refractivity contribution in [3.8, 4) is 11.6 Å². The molecule has 1 spiro atoms. The van der Waals surface area contributed by atoms with E-state index in [4.69, 9.17) is 4.74 Å². The molecule has 0 radical (unpaired) electrons. The van der Waals surface area contributed by atoms with Crippen molar-refractivity contribution >= 4 is 11.8 Å². The van der Waals surface area contributed by atoms with E-state index in [9.17, 15) is 9.59 Å². The maximum Gasteiger partial charge on any atom is 0.246 e. The molecule has 2 aliphatic heterocycles. The van der Waals surface area contributed by atoms with E-state index in [1.165, 1.54) is 5.56 Å². The number of carbonyl (C=O) groups excluding carboxylic acids is 2. The number of piperidine rings is 1. The number of rotatable bonds is 9. The molecule has 7 heteroatoms. The van der Waals surface area contributed by atoms with Gasteiger partial charge in [0.25, 0.3) is 0 Å². The first-order valence-electron chi connectivity index (χ1n) is 13.3. The molecule has 2 fully saturated rings. The largest absolute Gasteiger partial charge is 0.439 e. The van der Waals surface area contributed by atoms with Crippen LogP contribution in [0.15, 0.2) is 42.6 Å². The molecule has 4 rings (SSSR count). The van der Waals surface area contributed by atoms with E-state index < -0.39 is 11.6 Å². The molecule has 1 aromatic heterocycles. The normalized spacial score (nSPS) is 20.1. The molecule has 2 aromatic rings. The number of pyridine rings is 1. The van der Waals surface area contributed by atoms with E-state index in [0.29, 0.717) is 37.6 Å². The average molecular weight is 493 g/mol. The molecule has 36 heavy (non-hydrogen) atoms. The Morgan fingerprint density at radius 3 is 2.44 bits per heavy atom. The third-order valence-electron chi connectivity index (χ3n) is 7.37. The second-order valence-corrected chi connectivity index (χ2v) is 10.7. The molecule has 1 aromatic carbocycles. The summed E-state index contributed by atoms with van der Waals surface area (Å²) in [5.41, 5.74) is 1.58. The van der Waals surface area contributed by atoms with Gasteiger partial charge in [-0.1, -0.05) is 45.4 Å². The number of benzene rings is 1. The van der Waals surface area contributed by atoms with Crippen LogP contribution < -0.4 is 10.1 Å². The van der Waals surface area contributed by atoms with Gasteiger partial charge in [-0.05, 0) is 61.8 Å². The molecular formula is C29H40N4O3. The Bertz CT molecular complexity index is 1030. The number of ether oxygens (including phenoxy) is 1. The molecule has 7 nitrogen and oxygen atoms in total. The van der Waals surface area contributed by atoms with E-state index in [2.05, 4.69) is 48.1 Å². The van der Waals surface area contributed by atoms with Crippen LogP contribution in [0.5, 0.6) is 11.6 Å². The quantitative estimate of drug-likeness (QED) is 0.550. The Balaban J connectivity index is 1.38. The van der Waals surface area contributed by atoms with Crippen LogP contribution >= 0.6 is 0 Å². The molecule has 1 N–H and O–H groups in total. The molecule has 1 atom stereocenters. The lowest BCUT2D eigenvalue weighted by Crippen LogP contribution is -2.73. The standard InChI is InChI=1S/C29H40N4O3/c1-5-6-15-33-27(34)25(18-21(2)3)31-28(35)29(33)13-16-32(17-14-29)20-23-8-10-24(11-9-23)36-26-12-7-22(4)19-30-26/h7-12,19,21,25H,5-6,13-18,20H2,1-4H3,(H,31,35)/t25-/m0/s1. The lowest BCUT2D eigenvalue weighted by Gasteiger charge is -2.52. The summed E-state index contributed by atoms with van der Waals surface area (Å²) in [4.78, 5) is 35.4. The zero-order valence-corrected chi connectivity index (χ0v) is 22.1. The Labute approximate surface area is 215 Å². The van der Waals surface area contributed by atoms with Gasteiger partial charge in [0.1, 0.15) is 17.3 Å². The number of nitrogens with one attached hydrogen (secondary N) is 1. The van der Waals surface area contributed by atoms with Crippen molar-refractivity contribution in [2.24, 2.45) is 5.92 Å². The van der Waals surface area contributed by atoms with Gasteiger partial charge in [0.15, 0.2) is 0 Å². The zero-order chi connectivity index (χ0) is 25.7. The molecule has 0 bridgehead atoms. The molecule has 0 aliphatic carbocycles. The van der Waals surface area contributed by atoms with Gasteiger partial charge >= 0.3 is 0 Å². The highest BCUT2D eigenvalue weighted by Crippen LogP contribution is 2.35. The highest BCUT2D eigenvalue weighted by molar-refractivity contribution is 6.00. The molecule has 0 unspecified atom stereocenters. The van der Waals surface area contributed by atoms with Gasteiger partial charge in [-0.3, -0.25) is 14.5 Å². The van der Waals surface area contributed by atoms with Gasteiger partial charge in [-0.2, -0.15) is 0 Å². The fourth-order valence-corrected chi connectivity index (χ4v) is 5.28. The summed E-state index contributed by atoms with van der Waals surface area (Å²) in [6.45, 7) is 11.3. The number of hydrogen-bond donors (Lipinski definition) is 1. The molecular weight excluding hydrogens is 452 g/mol. The van der Waals surface area contributed by atoms with Crippen LogP contribution in [0.3, 0.4) is 0 Å². The van der Waals surface area contributed by atoms with Gasteiger partial charge in [0.2, 0.25) is 17.7 Å². The second kappa shape index (κ2) is 11.4. The predicted molar refractivity (Wildman–Crippen MR) is 141 cm³/mol. The molecule has 3 heterocycles. The fraction of sp³-hybridized carbons (Fsp3) is 0.552. The average Bonchev–Trinajstić information content (AvgIpc) is 2.86. The third-order valence-corrected chi connectivity index (χ3v) is 7.37. The smallest absolute Gasteiger partial charge is 0.246 e. The number of piperazine rings is 1. The van der Waals surface area contributed by atoms with Crippen molar-refractivity contribution in [1.82, 2.24) is 20.1 Å². The summed E-state index contributed by atoms with van der Waals surface area (Å²) < 4.78 is 5.85. The van der Waals surface area contributed by atoms with Crippen LogP contribution in [-0.4, -0.2) is 57.8 Å². The van der Waals surface area contributed by atoms with Crippen LogP contribution in [-0.2, 0) is 16.1 Å². The number of aryl methyl sites for hydroxylation is 1. The number of unbranched alkanes of at least 4 members (excludes halogenated alkanes) is 1. The maximum atomic E-state index is 13.4. The van der Waals surface area contributed by atoms with Crippen molar-refractivity contribution in [1.29, 1.82) is 0 Å². The van der Waals surface area contributed by atoms with E-state index in [1.54, 1.807) is 6.20 Å². The minimum atomic E-state index is -0.713. The number of aromatic nitrogens is 1. The summed E-state index contributed by atoms with van der Waals surface area (Å²) in [7, 11) is 0. The van der Waals surface area contributed by atoms with Crippen LogP contribution in [0.1, 0.15) is 64.0 Å². The summed E-state index contributed by atoms with van der Waals surface area (Å²) in [5.74, 6) is 1.83. The molecule has 2 amide bonds. The highest BCUT2D eigenvalue weighted by Gasteiger charge is 2.53. The van der Waals surface area contributed by atoms with Gasteiger partial charge in [-0.25, -0.2) is 4.98 Å². The number of hydrogen-bond acceptors (Lipinski definition) is 5. The first-order chi connectivity index (χ1) is 17.3. The molecule has 194 valence electrons. The Hall–Kier alpha value is -2.93. The lowest BCUT2D eigenvalue weighted by atomic mass is 9.80. The number of amides is 2. The number of carbonyl (C=O) groups is 2. The molecule has 2 aliphatic rings. The first kappa shape index (κ1) is 26.1. The van der Waals surface area contributed by atoms with Crippen LogP contribution in [0.4, 0.5) is 0 Å². The van der Waals surface area contributed by atoms with Gasteiger partial charge < -0.3 is 15.0 Å². The van der Waals surface area contributed by atoms with Crippen LogP contribution in [0.2, 0.25) is 0 Å². The zero-order valence-electron chi connectivity index (χ0n) is 22.1. The molecule has 0 saturated carbocycles. The van der Waals surface area contributed by atoms with E-state index in [0.717, 1.165) is 43.8 Å². The lowest BCUT2D eigenvalue weighted by molar-refractivity contribution is -0.161. The van der Waals surface area contributed by atoms with E-state index in [-0.39, 0.29) is 11.8 Å². The third kappa shape index (κ3) is 5.89. The maximum absolute atomic E-state index is 13.4. The Kier molecular flexibility index (Phi) is 8.29. The van der Waals surface area contributed by atoms with Crippen molar-refractivity contribution in [3.05, 3.63) is 53.7 Å². The minimum absolute atomic E-state index is 0.0368. The predicted octanol–water partition coefficient (Wildman–Crippen LogP) is 4.69. The van der Waals surface area contributed by atoms with Crippen LogP contribution in [0, 0.1) is 12.8 Å². The van der Waals surface area contributed by atoms with Crippen molar-refractivity contribution in [2.45, 2.75) is 77.9 Å². The van der Waals surface area contributed by atoms with Crippen molar-refractivity contribution < 1.29 is 14.3 Å². The van der Waals surface area contributed by atoms with Gasteiger partial charge in [-0.15, -0.1) is 0 Å². The Morgan fingerprint density at radius 1 is 1.11 bits per heavy atom. The summed E-state index contributed by atoms with van der Waals surface area (Å²) in [6, 6.07) is 11.5. The van der Waals surface area contributed by atoms with Gasteiger partial charge in [0, 0.05) is 38.4 Å². The van der Waals surface area contributed by atoms with E-state index >= 15 is 0 Å². The van der Waals surface area contributed by atoms with Crippen molar-refractivity contribution in [2.75, 3.05) is 19.6 Å². The van der Waals surface area contributed by atoms with E-state index in [1.807, 2.05) is 36.1 Å². The van der Waals surface area contributed by atoms with Crippen molar-refractivity contribution in [3.63, 3.8) is 0 Å². The Morgan fingerprint density at radius 2 is 1.83 bits per heavy atom. The summed E-state index contributed by atoms with van der Waals surface area (Å²) >= 11 is 0. The number of nitrogens with zero attached hydrogens (tertiary/aromatic N) is 3. The summed E-state index contributed by atoms with van der Waals surface area (Å²) in [5, 5.41) is 3.09. The second-order valence-electron chi connectivity index (χ2n) is 10.7. The topological polar surface area (TPSA) is 74.8 Å². The van der Waals surface area contributed by atoms with Gasteiger partial charge in [0.05, 0.1) is 0 Å². The fourth-order valence-electron chi connectivity index (χ4n) is 5.28. The van der Waals surface area contributed by atoms with Crippen LogP contribution in [0.25, 0.3) is 0 Å². The number of likely N-dealkylation sites (tertiary alicyclic amines) is 1. The summed E-state index contributed by atoms with van der Waals surface area (Å²) in [6.07, 6.45) is 5.75. The SMILES string of the molecule is CCCCN1C(=O)[C@H](CC(C)C)NC(=O)C12CCN(Cc1ccc(Oc3ccc(C)cn3)cc1)CC2. The monoisotopic (exact) mass is 492 g/mol. The minimum Gasteiger partial charge on any atom is -0.439 e. The highest BCUT2D eigenvalue weighted by atomic mass is 16.5.